The van der Waals surface area contributed by atoms with E-state index in [1.807, 2.05) is 0 Å². The van der Waals surface area contributed by atoms with E-state index in [-0.39, 0.29) is 12.4 Å². The second-order valence-electron chi connectivity index (χ2n) is 3.75. The molecule has 0 bridgehead atoms. The summed E-state index contributed by atoms with van der Waals surface area (Å²) >= 11 is 0. The Morgan fingerprint density at radius 1 is 1.14 bits per heavy atom. The maximum Gasteiger partial charge on any atom is 0.303 e. The number of aliphatic carboxylic acids is 1. The number of hydrogen-bond acceptors (Lipinski definition) is 2. The summed E-state index contributed by atoms with van der Waals surface area (Å²) in [5, 5.41) is 8.48. The molecule has 1 aliphatic heterocycles. The standard InChI is InChI=1S/C10H19NO2.ClH/c12-10(13)6-5-9-11-7-3-1-2-4-8-11;/h1-9H2,(H,12,13);1H/p-1. The largest absolute Gasteiger partial charge is 1.00 e. The number of carbonyl (C=O) groups is 1. The van der Waals surface area contributed by atoms with Gasteiger partial charge >= 0.3 is 5.97 Å². The van der Waals surface area contributed by atoms with E-state index in [0.717, 1.165) is 13.0 Å². The number of halogens is 1. The number of likely N-dealkylation sites (tertiary alicyclic amines) is 1. The van der Waals surface area contributed by atoms with Gasteiger partial charge in [0, 0.05) is 6.42 Å². The van der Waals surface area contributed by atoms with Gasteiger partial charge in [0.2, 0.25) is 0 Å². The van der Waals surface area contributed by atoms with Gasteiger partial charge in [0.1, 0.15) is 0 Å². The van der Waals surface area contributed by atoms with Crippen molar-refractivity contribution in [2.24, 2.45) is 0 Å². The van der Waals surface area contributed by atoms with Crippen LogP contribution < -0.4 is 12.4 Å². The molecule has 1 N–H and O–H groups in total. The second-order valence-corrected chi connectivity index (χ2v) is 3.75. The van der Waals surface area contributed by atoms with Crippen molar-refractivity contribution < 1.29 is 22.3 Å². The molecule has 0 radical (unpaired) electrons. The number of nitrogens with zero attached hydrogens (tertiary/aromatic N) is 1. The van der Waals surface area contributed by atoms with Crippen LogP contribution in [0.1, 0.15) is 38.5 Å². The third-order valence-corrected chi connectivity index (χ3v) is 2.56. The van der Waals surface area contributed by atoms with Crippen LogP contribution in [0.2, 0.25) is 0 Å². The molecule has 1 heterocycles. The van der Waals surface area contributed by atoms with Crippen LogP contribution in [0.5, 0.6) is 0 Å². The predicted molar refractivity (Wildman–Crippen MR) is 51.8 cm³/mol. The SMILES string of the molecule is O=C(O)CCCN1CCCCCC1.[Cl-]. The molecule has 0 spiro atoms. The highest BCUT2D eigenvalue weighted by atomic mass is 35.5. The molecule has 1 fully saturated rings. The van der Waals surface area contributed by atoms with E-state index in [9.17, 15) is 4.79 Å². The third-order valence-electron chi connectivity index (χ3n) is 2.56. The molecule has 0 atom stereocenters. The summed E-state index contributed by atoms with van der Waals surface area (Å²) in [4.78, 5) is 12.7. The number of rotatable bonds is 4. The zero-order valence-electron chi connectivity index (χ0n) is 8.54. The summed E-state index contributed by atoms with van der Waals surface area (Å²) in [5.74, 6) is -0.671. The molecule has 0 aromatic heterocycles. The lowest BCUT2D eigenvalue weighted by Crippen LogP contribution is -3.00. The van der Waals surface area contributed by atoms with E-state index in [0.29, 0.717) is 6.42 Å². The molecule has 1 saturated heterocycles. The molecular formula is C10H19ClNO2-. The molecule has 0 amide bonds. The van der Waals surface area contributed by atoms with Gasteiger partial charge in [0.15, 0.2) is 0 Å². The van der Waals surface area contributed by atoms with Crippen molar-refractivity contribution in [3.63, 3.8) is 0 Å². The summed E-state index contributed by atoms with van der Waals surface area (Å²) in [6.07, 6.45) is 6.37. The van der Waals surface area contributed by atoms with E-state index in [4.69, 9.17) is 5.11 Å². The smallest absolute Gasteiger partial charge is 0.303 e. The minimum atomic E-state index is -0.671. The van der Waals surface area contributed by atoms with Gasteiger partial charge in [-0.3, -0.25) is 4.79 Å². The molecule has 0 aliphatic carbocycles. The molecule has 0 aromatic carbocycles. The fourth-order valence-electron chi connectivity index (χ4n) is 1.81. The minimum absolute atomic E-state index is 0. The first-order chi connectivity index (χ1) is 6.29. The molecule has 14 heavy (non-hydrogen) atoms. The van der Waals surface area contributed by atoms with Crippen molar-refractivity contribution in [1.82, 2.24) is 4.90 Å². The first-order valence-corrected chi connectivity index (χ1v) is 5.23. The van der Waals surface area contributed by atoms with Crippen LogP contribution >= 0.6 is 0 Å². The number of hydrogen-bond donors (Lipinski definition) is 1. The van der Waals surface area contributed by atoms with Crippen molar-refractivity contribution in [2.75, 3.05) is 19.6 Å². The van der Waals surface area contributed by atoms with Gasteiger partial charge in [-0.2, -0.15) is 0 Å². The Labute approximate surface area is 91.9 Å². The van der Waals surface area contributed by atoms with Crippen molar-refractivity contribution in [2.45, 2.75) is 38.5 Å². The average Bonchev–Trinajstić information content (AvgIpc) is 2.32. The lowest BCUT2D eigenvalue weighted by Gasteiger charge is -2.18. The van der Waals surface area contributed by atoms with Gasteiger partial charge in [0.05, 0.1) is 0 Å². The van der Waals surface area contributed by atoms with Gasteiger partial charge in [-0.05, 0) is 38.9 Å². The summed E-state index contributed by atoms with van der Waals surface area (Å²) in [6.45, 7) is 3.30. The van der Waals surface area contributed by atoms with E-state index in [2.05, 4.69) is 4.90 Å². The summed E-state index contributed by atoms with van der Waals surface area (Å²) in [7, 11) is 0. The van der Waals surface area contributed by atoms with Gasteiger partial charge in [-0.25, -0.2) is 0 Å². The Morgan fingerprint density at radius 3 is 2.21 bits per heavy atom. The number of carboxylic acid groups (broad SMARTS) is 1. The topological polar surface area (TPSA) is 40.5 Å². The van der Waals surface area contributed by atoms with E-state index in [1.165, 1.54) is 38.8 Å². The Morgan fingerprint density at radius 2 is 1.71 bits per heavy atom. The number of carboxylic acids is 1. The van der Waals surface area contributed by atoms with Crippen LogP contribution in [-0.2, 0) is 4.79 Å². The van der Waals surface area contributed by atoms with Crippen molar-refractivity contribution in [3.8, 4) is 0 Å². The zero-order valence-corrected chi connectivity index (χ0v) is 9.30. The molecule has 3 nitrogen and oxygen atoms in total. The quantitative estimate of drug-likeness (QED) is 0.643. The predicted octanol–water partition coefficient (Wildman–Crippen LogP) is -1.27. The van der Waals surface area contributed by atoms with Crippen LogP contribution in [0.25, 0.3) is 0 Å². The average molecular weight is 221 g/mol. The first kappa shape index (κ1) is 13.7. The van der Waals surface area contributed by atoms with Crippen LogP contribution in [0.15, 0.2) is 0 Å². The Balaban J connectivity index is 0.00000169. The fourth-order valence-corrected chi connectivity index (χ4v) is 1.81. The Kier molecular flexibility index (Phi) is 7.90. The minimum Gasteiger partial charge on any atom is -1.00 e. The van der Waals surface area contributed by atoms with E-state index in [1.54, 1.807) is 0 Å². The summed E-state index contributed by atoms with van der Waals surface area (Å²) in [6, 6.07) is 0. The summed E-state index contributed by atoms with van der Waals surface area (Å²) in [5.41, 5.74) is 0. The maximum absolute atomic E-state index is 10.3. The second kappa shape index (κ2) is 8.06. The lowest BCUT2D eigenvalue weighted by atomic mass is 10.2. The van der Waals surface area contributed by atoms with Crippen LogP contribution in [0.4, 0.5) is 0 Å². The monoisotopic (exact) mass is 220 g/mol. The van der Waals surface area contributed by atoms with Crippen LogP contribution in [0, 0.1) is 0 Å². The van der Waals surface area contributed by atoms with Crippen LogP contribution in [-0.4, -0.2) is 35.6 Å². The Hall–Kier alpha value is -0.280. The van der Waals surface area contributed by atoms with Gasteiger partial charge in [-0.15, -0.1) is 0 Å². The molecule has 84 valence electrons. The fraction of sp³-hybridized carbons (Fsp3) is 0.900. The third kappa shape index (κ3) is 6.22. The van der Waals surface area contributed by atoms with Crippen molar-refractivity contribution in [1.29, 1.82) is 0 Å². The normalized spacial score (nSPS) is 18.3. The lowest BCUT2D eigenvalue weighted by molar-refractivity contribution is -0.137. The van der Waals surface area contributed by atoms with Crippen molar-refractivity contribution in [3.05, 3.63) is 0 Å². The van der Waals surface area contributed by atoms with E-state index >= 15 is 0 Å². The van der Waals surface area contributed by atoms with Crippen molar-refractivity contribution >= 4 is 5.97 Å². The molecule has 0 aromatic rings. The molecule has 0 unspecified atom stereocenters. The van der Waals surface area contributed by atoms with Gasteiger partial charge in [-0.1, -0.05) is 12.8 Å². The zero-order chi connectivity index (χ0) is 9.52. The molecular weight excluding hydrogens is 202 g/mol. The van der Waals surface area contributed by atoms with Gasteiger partial charge in [0.25, 0.3) is 0 Å². The summed E-state index contributed by atoms with van der Waals surface area (Å²) < 4.78 is 0. The first-order valence-electron chi connectivity index (χ1n) is 5.23. The highest BCUT2D eigenvalue weighted by molar-refractivity contribution is 5.66. The molecule has 1 aliphatic rings. The highest BCUT2D eigenvalue weighted by Crippen LogP contribution is 2.10. The molecule has 0 saturated carbocycles. The maximum atomic E-state index is 10.3. The Bertz CT molecular complexity index is 156. The molecule has 4 heteroatoms. The van der Waals surface area contributed by atoms with E-state index < -0.39 is 5.97 Å². The van der Waals surface area contributed by atoms with Gasteiger partial charge < -0.3 is 22.4 Å². The highest BCUT2D eigenvalue weighted by Gasteiger charge is 2.08. The molecule has 1 rings (SSSR count). The van der Waals surface area contributed by atoms with Crippen LogP contribution in [0.3, 0.4) is 0 Å².